The molecular weight excluding hydrogens is 404 g/mol. The topological polar surface area (TPSA) is 34.1 Å². The van der Waals surface area contributed by atoms with Crippen LogP contribution in [0, 0.1) is 17.8 Å². The molecule has 0 saturated heterocycles. The Morgan fingerprint density at radius 3 is 2.00 bits per heavy atom. The zero-order chi connectivity index (χ0) is 30.4. The van der Waals surface area contributed by atoms with E-state index in [1.54, 1.807) is 6.08 Å². The SMILES string of the molecule is [2H]c1c([2H])c([2H])c2c(c1[2H])C(=O)C(C/C=C(/C)CCC[C@@H](C)CCC[C@@H](C)CCCC(C)C)=C(C([2H])([2H])[2H])C2=O. The van der Waals surface area contributed by atoms with Crippen LogP contribution in [0.3, 0.4) is 0 Å². The third kappa shape index (κ3) is 8.72. The summed E-state index contributed by atoms with van der Waals surface area (Å²) in [5.41, 5.74) is -0.855. The Morgan fingerprint density at radius 1 is 0.879 bits per heavy atom. The van der Waals surface area contributed by atoms with E-state index in [-0.39, 0.29) is 12.0 Å². The van der Waals surface area contributed by atoms with Gasteiger partial charge in [-0.05, 0) is 50.8 Å². The van der Waals surface area contributed by atoms with Gasteiger partial charge in [0.15, 0.2) is 11.6 Å². The molecule has 2 nitrogen and oxygen atoms in total. The molecule has 33 heavy (non-hydrogen) atoms. The molecule has 1 aromatic rings. The molecule has 0 unspecified atom stereocenters. The lowest BCUT2D eigenvalue weighted by Gasteiger charge is -2.18. The Labute approximate surface area is 212 Å². The maximum absolute atomic E-state index is 13.4. The molecule has 182 valence electrons. The summed E-state index contributed by atoms with van der Waals surface area (Å²) in [7, 11) is 0. The second-order valence-corrected chi connectivity index (χ2v) is 10.4. The monoisotopic (exact) mass is 457 g/mol. The molecule has 0 fully saturated rings. The summed E-state index contributed by atoms with van der Waals surface area (Å²) >= 11 is 0. The molecule has 2 rings (SSSR count). The first-order valence-electron chi connectivity index (χ1n) is 16.2. The summed E-state index contributed by atoms with van der Waals surface area (Å²) in [5.74, 6) is 0.321. The van der Waals surface area contributed by atoms with E-state index in [9.17, 15) is 9.59 Å². The van der Waals surface area contributed by atoms with Gasteiger partial charge in [0, 0.05) is 26.4 Å². The summed E-state index contributed by atoms with van der Waals surface area (Å²) in [5, 5.41) is 0. The van der Waals surface area contributed by atoms with Gasteiger partial charge >= 0.3 is 0 Å². The standard InChI is InChI=1S/C31H46O2/c1-22(2)12-9-13-23(3)14-10-15-24(4)16-11-17-25(5)20-21-27-26(6)30(32)28-18-7-8-19-29(28)31(27)33/h7-8,18-20,22-24H,9-17,21H2,1-6H3/b25-20-/t23-,24-/m0/s1/i6D3,7D,8D,18D,19D. The Bertz CT molecular complexity index is 1150. The molecule has 1 aliphatic rings. The molecule has 0 saturated carbocycles. The van der Waals surface area contributed by atoms with Gasteiger partial charge in [-0.15, -0.1) is 0 Å². The van der Waals surface area contributed by atoms with Crippen molar-refractivity contribution in [3.05, 3.63) is 58.1 Å². The fourth-order valence-corrected chi connectivity index (χ4v) is 4.46. The molecule has 0 aromatic heterocycles. The van der Waals surface area contributed by atoms with E-state index < -0.39 is 59.3 Å². The third-order valence-corrected chi connectivity index (χ3v) is 6.74. The van der Waals surface area contributed by atoms with Crippen LogP contribution in [0.15, 0.2) is 47.0 Å². The van der Waals surface area contributed by atoms with Gasteiger partial charge in [0.2, 0.25) is 0 Å². The second kappa shape index (κ2) is 13.7. The molecule has 1 aromatic carbocycles. The zero-order valence-corrected chi connectivity index (χ0v) is 21.2. The minimum Gasteiger partial charge on any atom is -0.289 e. The van der Waals surface area contributed by atoms with Crippen molar-refractivity contribution in [3.8, 4) is 0 Å². The Hall–Kier alpha value is -1.96. The predicted octanol–water partition coefficient (Wildman–Crippen LogP) is 9.16. The second-order valence-electron chi connectivity index (χ2n) is 10.4. The summed E-state index contributed by atoms with van der Waals surface area (Å²) < 4.78 is 55.7. The van der Waals surface area contributed by atoms with E-state index in [1.165, 1.54) is 38.5 Å². The highest BCUT2D eigenvalue weighted by Gasteiger charge is 2.28. The van der Waals surface area contributed by atoms with Crippen LogP contribution in [0.2, 0.25) is 0 Å². The first-order chi connectivity index (χ1) is 18.6. The molecule has 0 radical (unpaired) electrons. The van der Waals surface area contributed by atoms with Crippen LogP contribution in [0.5, 0.6) is 0 Å². The number of Topliss-reactive ketones (excluding diaryl/α,β-unsaturated/α-hetero) is 2. The Morgan fingerprint density at radius 2 is 1.42 bits per heavy atom. The number of rotatable bonds is 14. The third-order valence-electron chi connectivity index (χ3n) is 6.74. The number of fused-ring (bicyclic) bond motifs is 1. The van der Waals surface area contributed by atoms with Gasteiger partial charge in [0.1, 0.15) is 0 Å². The largest absolute Gasteiger partial charge is 0.289 e. The lowest BCUT2D eigenvalue weighted by atomic mass is 9.83. The molecule has 2 atom stereocenters. The lowest BCUT2D eigenvalue weighted by molar-refractivity contribution is 0.0973. The van der Waals surface area contributed by atoms with Gasteiger partial charge in [-0.2, -0.15) is 0 Å². The molecule has 0 amide bonds. The maximum atomic E-state index is 13.4. The molecular formula is C31H46O2. The van der Waals surface area contributed by atoms with E-state index >= 15 is 0 Å². The fraction of sp³-hybridized carbons (Fsp3) is 0.613. The lowest BCUT2D eigenvalue weighted by Crippen LogP contribution is -2.20. The molecule has 0 heterocycles. The average Bonchev–Trinajstić information content (AvgIpc) is 2.85. The molecule has 0 N–H and O–H groups in total. The smallest absolute Gasteiger partial charge is 0.190 e. The summed E-state index contributed by atoms with van der Waals surface area (Å²) in [4.78, 5) is 26.6. The van der Waals surface area contributed by atoms with Crippen molar-refractivity contribution in [1.29, 1.82) is 0 Å². The van der Waals surface area contributed by atoms with Gasteiger partial charge in [-0.25, -0.2) is 0 Å². The average molecular weight is 458 g/mol. The molecule has 0 bridgehead atoms. The minimum atomic E-state index is -2.89. The van der Waals surface area contributed by atoms with Crippen molar-refractivity contribution < 1.29 is 19.2 Å². The number of ketones is 2. The Kier molecular flexibility index (Phi) is 7.62. The summed E-state index contributed by atoms with van der Waals surface area (Å²) in [6.07, 6.45) is 12.2. The van der Waals surface area contributed by atoms with Crippen LogP contribution in [-0.4, -0.2) is 11.6 Å². The number of carbonyl (C=O) groups is 2. The van der Waals surface area contributed by atoms with Crippen LogP contribution in [0.4, 0.5) is 0 Å². The number of hydrogen-bond acceptors (Lipinski definition) is 2. The molecule has 0 aliphatic heterocycles. The summed E-state index contributed by atoms with van der Waals surface area (Å²) in [6, 6.07) is -2.59. The van der Waals surface area contributed by atoms with Crippen molar-refractivity contribution >= 4 is 11.6 Å². The normalized spacial score (nSPS) is 19.8. The highest BCUT2D eigenvalue weighted by Crippen LogP contribution is 2.29. The number of hydrogen-bond donors (Lipinski definition) is 0. The van der Waals surface area contributed by atoms with Crippen molar-refractivity contribution in [1.82, 2.24) is 0 Å². The van der Waals surface area contributed by atoms with Crippen LogP contribution in [-0.2, 0) is 0 Å². The van der Waals surface area contributed by atoms with Gasteiger partial charge in [0.25, 0.3) is 0 Å². The predicted molar refractivity (Wildman–Crippen MR) is 141 cm³/mol. The van der Waals surface area contributed by atoms with Gasteiger partial charge in [-0.3, -0.25) is 9.59 Å². The molecule has 0 spiro atoms. The number of allylic oxidation sites excluding steroid dienone is 4. The van der Waals surface area contributed by atoms with Crippen LogP contribution >= 0.6 is 0 Å². The fourth-order valence-electron chi connectivity index (χ4n) is 4.46. The minimum absolute atomic E-state index is 0.0729. The highest BCUT2D eigenvalue weighted by atomic mass is 16.1. The van der Waals surface area contributed by atoms with Gasteiger partial charge in [-0.1, -0.05) is 108 Å². The van der Waals surface area contributed by atoms with Gasteiger partial charge < -0.3 is 0 Å². The van der Waals surface area contributed by atoms with E-state index in [0.717, 1.165) is 36.7 Å². The van der Waals surface area contributed by atoms with Crippen molar-refractivity contribution in [2.75, 3.05) is 0 Å². The van der Waals surface area contributed by atoms with Crippen molar-refractivity contribution in [2.45, 2.75) is 106 Å². The first-order valence-corrected chi connectivity index (χ1v) is 12.7. The van der Waals surface area contributed by atoms with E-state index in [2.05, 4.69) is 27.7 Å². The van der Waals surface area contributed by atoms with E-state index in [0.29, 0.717) is 5.92 Å². The van der Waals surface area contributed by atoms with Crippen LogP contribution in [0.1, 0.15) is 136 Å². The number of carbonyl (C=O) groups excluding carboxylic acids is 2. The quantitative estimate of drug-likeness (QED) is 0.261. The van der Waals surface area contributed by atoms with Crippen LogP contribution < -0.4 is 0 Å². The van der Waals surface area contributed by atoms with Gasteiger partial charge in [0.05, 0.1) is 5.48 Å². The molecule has 1 aliphatic carbocycles. The summed E-state index contributed by atoms with van der Waals surface area (Å²) in [6.45, 7) is 8.22. The Balaban J connectivity index is 2.02. The number of benzene rings is 1. The molecule has 2 heteroatoms. The maximum Gasteiger partial charge on any atom is 0.190 e. The first kappa shape index (κ1) is 18.4. The van der Waals surface area contributed by atoms with E-state index in [1.807, 2.05) is 6.92 Å². The van der Waals surface area contributed by atoms with Crippen LogP contribution in [0.25, 0.3) is 0 Å². The van der Waals surface area contributed by atoms with Crippen molar-refractivity contribution in [2.24, 2.45) is 17.8 Å². The van der Waals surface area contributed by atoms with E-state index in [4.69, 9.17) is 9.60 Å². The zero-order valence-electron chi connectivity index (χ0n) is 28.2. The highest BCUT2D eigenvalue weighted by molar-refractivity contribution is 6.26. The van der Waals surface area contributed by atoms with Crippen molar-refractivity contribution in [3.63, 3.8) is 0 Å².